The van der Waals surface area contributed by atoms with Gasteiger partial charge in [-0.15, -0.1) is 0 Å². The highest BCUT2D eigenvalue weighted by Crippen LogP contribution is 2.23. The first-order chi connectivity index (χ1) is 14.5. The van der Waals surface area contributed by atoms with Crippen molar-refractivity contribution in [2.75, 3.05) is 0 Å². The monoisotopic (exact) mass is 426 g/mol. The van der Waals surface area contributed by atoms with E-state index in [1.54, 1.807) is 35.1 Å². The molecule has 0 aliphatic heterocycles. The number of H-pyrrole nitrogens is 1. The number of aromatic nitrogens is 3. The molecule has 0 fully saturated rings. The van der Waals surface area contributed by atoms with E-state index in [4.69, 9.17) is 21.1 Å². The van der Waals surface area contributed by atoms with E-state index in [2.05, 4.69) is 15.4 Å². The highest BCUT2D eigenvalue weighted by molar-refractivity contribution is 6.30. The number of oxazole rings is 1. The van der Waals surface area contributed by atoms with Crippen LogP contribution in [0.15, 0.2) is 64.1 Å². The molecule has 0 aliphatic rings. The van der Waals surface area contributed by atoms with Gasteiger partial charge in [0, 0.05) is 29.4 Å². The van der Waals surface area contributed by atoms with Crippen molar-refractivity contribution in [2.45, 2.75) is 25.4 Å². The van der Waals surface area contributed by atoms with Gasteiger partial charge in [0.2, 0.25) is 0 Å². The molecule has 4 rings (SSSR count). The summed E-state index contributed by atoms with van der Waals surface area (Å²) in [7, 11) is 0. The van der Waals surface area contributed by atoms with Gasteiger partial charge in [0.1, 0.15) is 0 Å². The third kappa shape index (κ3) is 4.72. The lowest BCUT2D eigenvalue weighted by Crippen LogP contribution is -2.36. The second kappa shape index (κ2) is 8.46. The number of hydrogen-bond acceptors (Lipinski definition) is 4. The molecule has 0 bridgehead atoms. The SMILES string of the molecule is O=C(O)N[C@H](CCn1cc(-c2ccc3[nH]c(=O)oc3c2)cn1)Cc1ccc(Cl)cc1. The minimum atomic E-state index is -1.06. The number of aryl methyl sites for hydroxylation is 1. The number of nitrogens with zero attached hydrogens (tertiary/aromatic N) is 2. The predicted octanol–water partition coefficient (Wildman–Crippen LogP) is 3.91. The van der Waals surface area contributed by atoms with E-state index in [0.29, 0.717) is 35.5 Å². The summed E-state index contributed by atoms with van der Waals surface area (Å²) in [5.74, 6) is -0.490. The summed E-state index contributed by atoms with van der Waals surface area (Å²) in [5.41, 5.74) is 3.87. The Morgan fingerprint density at radius 3 is 2.80 bits per heavy atom. The molecule has 30 heavy (non-hydrogen) atoms. The fourth-order valence-electron chi connectivity index (χ4n) is 3.35. The fourth-order valence-corrected chi connectivity index (χ4v) is 3.48. The number of carboxylic acid groups (broad SMARTS) is 1. The van der Waals surface area contributed by atoms with E-state index in [1.807, 2.05) is 24.4 Å². The largest absolute Gasteiger partial charge is 0.465 e. The van der Waals surface area contributed by atoms with E-state index in [-0.39, 0.29) is 6.04 Å². The molecule has 0 radical (unpaired) electrons. The number of amides is 1. The van der Waals surface area contributed by atoms with Gasteiger partial charge in [-0.05, 0) is 48.2 Å². The maximum absolute atomic E-state index is 11.3. The second-order valence-corrected chi connectivity index (χ2v) is 7.42. The number of halogens is 1. The summed E-state index contributed by atoms with van der Waals surface area (Å²) in [6, 6.07) is 12.5. The lowest BCUT2D eigenvalue weighted by Gasteiger charge is -2.17. The molecular formula is C21H19ClN4O4. The van der Waals surface area contributed by atoms with E-state index in [1.165, 1.54) is 0 Å². The Balaban J connectivity index is 1.44. The summed E-state index contributed by atoms with van der Waals surface area (Å²) in [4.78, 5) is 25.1. The predicted molar refractivity (Wildman–Crippen MR) is 113 cm³/mol. The molecule has 0 spiro atoms. The average Bonchev–Trinajstić information content (AvgIpc) is 3.32. The lowest BCUT2D eigenvalue weighted by atomic mass is 10.0. The number of nitrogens with one attached hydrogen (secondary N) is 2. The summed E-state index contributed by atoms with van der Waals surface area (Å²) in [6.45, 7) is 0.542. The molecule has 0 saturated carbocycles. The van der Waals surface area contributed by atoms with Gasteiger partial charge >= 0.3 is 11.8 Å². The molecule has 0 aliphatic carbocycles. The van der Waals surface area contributed by atoms with Crippen LogP contribution in [-0.4, -0.2) is 32.0 Å². The van der Waals surface area contributed by atoms with Crippen molar-refractivity contribution in [3.8, 4) is 11.1 Å². The molecule has 9 heteroatoms. The maximum atomic E-state index is 11.3. The molecule has 0 unspecified atom stereocenters. The number of fused-ring (bicyclic) bond motifs is 1. The Kier molecular flexibility index (Phi) is 5.58. The minimum Gasteiger partial charge on any atom is -0.465 e. The van der Waals surface area contributed by atoms with Crippen LogP contribution >= 0.6 is 11.6 Å². The highest BCUT2D eigenvalue weighted by Gasteiger charge is 2.14. The zero-order valence-electron chi connectivity index (χ0n) is 15.8. The Labute approximate surface area is 176 Å². The first-order valence-corrected chi connectivity index (χ1v) is 9.74. The van der Waals surface area contributed by atoms with E-state index in [9.17, 15) is 9.59 Å². The standard InChI is InChI=1S/C21H19ClN4O4/c22-16-4-1-13(2-5-16)9-17(24-20(27)28)7-8-26-12-15(11-23-26)14-3-6-18-19(10-14)30-21(29)25-18/h1-6,10-12,17,24H,7-9H2,(H,25,29)(H,27,28)/t17-/m1/s1. The molecular weight excluding hydrogens is 408 g/mol. The van der Waals surface area contributed by atoms with Crippen molar-refractivity contribution in [2.24, 2.45) is 0 Å². The summed E-state index contributed by atoms with van der Waals surface area (Å²) < 4.78 is 6.88. The van der Waals surface area contributed by atoms with Crippen LogP contribution in [-0.2, 0) is 13.0 Å². The molecule has 8 nitrogen and oxygen atoms in total. The number of hydrogen-bond donors (Lipinski definition) is 3. The molecule has 2 heterocycles. The van der Waals surface area contributed by atoms with Crippen molar-refractivity contribution < 1.29 is 14.3 Å². The minimum absolute atomic E-state index is 0.262. The first kappa shape index (κ1) is 19.8. The lowest BCUT2D eigenvalue weighted by molar-refractivity contribution is 0.188. The van der Waals surface area contributed by atoms with Gasteiger partial charge in [-0.3, -0.25) is 9.67 Å². The van der Waals surface area contributed by atoms with Crippen LogP contribution < -0.4 is 11.1 Å². The Bertz CT molecular complexity index is 1230. The highest BCUT2D eigenvalue weighted by atomic mass is 35.5. The smallest absolute Gasteiger partial charge is 0.417 e. The summed E-state index contributed by atoms with van der Waals surface area (Å²) in [6.07, 6.45) is 3.68. The number of benzene rings is 2. The maximum Gasteiger partial charge on any atom is 0.417 e. The van der Waals surface area contributed by atoms with E-state index >= 15 is 0 Å². The molecule has 1 amide bonds. The van der Waals surface area contributed by atoms with Gasteiger partial charge in [0.15, 0.2) is 5.58 Å². The second-order valence-electron chi connectivity index (χ2n) is 6.98. The van der Waals surface area contributed by atoms with Gasteiger partial charge in [0.05, 0.1) is 11.7 Å². The molecule has 2 aromatic carbocycles. The van der Waals surface area contributed by atoms with Gasteiger partial charge in [-0.2, -0.15) is 5.10 Å². The molecule has 0 saturated heterocycles. The van der Waals surface area contributed by atoms with Crippen LogP contribution in [0.2, 0.25) is 5.02 Å². The third-order valence-corrected chi connectivity index (χ3v) is 5.07. The summed E-state index contributed by atoms with van der Waals surface area (Å²) >= 11 is 5.92. The molecule has 1 atom stereocenters. The van der Waals surface area contributed by atoms with Crippen molar-refractivity contribution in [1.29, 1.82) is 0 Å². The van der Waals surface area contributed by atoms with Crippen molar-refractivity contribution in [3.63, 3.8) is 0 Å². The van der Waals surface area contributed by atoms with Gasteiger partial charge in [-0.1, -0.05) is 29.8 Å². The molecule has 154 valence electrons. The van der Waals surface area contributed by atoms with E-state index < -0.39 is 11.8 Å². The fraction of sp³-hybridized carbons (Fsp3) is 0.190. The molecule has 2 aromatic heterocycles. The number of rotatable bonds is 7. The summed E-state index contributed by atoms with van der Waals surface area (Å²) in [5, 5.41) is 16.7. The third-order valence-electron chi connectivity index (χ3n) is 4.82. The van der Waals surface area contributed by atoms with Gasteiger partial charge < -0.3 is 14.8 Å². The topological polar surface area (TPSA) is 113 Å². The average molecular weight is 427 g/mol. The van der Waals surface area contributed by atoms with Crippen LogP contribution in [0.3, 0.4) is 0 Å². The zero-order valence-corrected chi connectivity index (χ0v) is 16.6. The first-order valence-electron chi connectivity index (χ1n) is 9.36. The van der Waals surface area contributed by atoms with Crippen LogP contribution in [0.1, 0.15) is 12.0 Å². The van der Waals surface area contributed by atoms with Crippen LogP contribution in [0.5, 0.6) is 0 Å². The van der Waals surface area contributed by atoms with Crippen molar-refractivity contribution in [3.05, 3.63) is 76.0 Å². The number of carbonyl (C=O) groups is 1. The molecule has 4 aromatic rings. The Hall–Kier alpha value is -3.52. The zero-order chi connectivity index (χ0) is 21.1. The quantitative estimate of drug-likeness (QED) is 0.414. The van der Waals surface area contributed by atoms with Crippen LogP contribution in [0.25, 0.3) is 22.2 Å². The van der Waals surface area contributed by atoms with Crippen molar-refractivity contribution in [1.82, 2.24) is 20.1 Å². The number of aromatic amines is 1. The van der Waals surface area contributed by atoms with Gasteiger partial charge in [0.25, 0.3) is 0 Å². The van der Waals surface area contributed by atoms with Crippen molar-refractivity contribution >= 4 is 28.8 Å². The Morgan fingerprint density at radius 1 is 1.23 bits per heavy atom. The van der Waals surface area contributed by atoms with Crippen LogP contribution in [0, 0.1) is 0 Å². The normalized spacial score (nSPS) is 12.2. The molecule has 3 N–H and O–H groups in total. The van der Waals surface area contributed by atoms with Gasteiger partial charge in [-0.25, -0.2) is 9.59 Å². The van der Waals surface area contributed by atoms with E-state index in [0.717, 1.165) is 16.7 Å². The van der Waals surface area contributed by atoms with Crippen LogP contribution in [0.4, 0.5) is 4.79 Å². The Morgan fingerprint density at radius 2 is 2.03 bits per heavy atom.